The van der Waals surface area contributed by atoms with Gasteiger partial charge in [0.1, 0.15) is 30.8 Å². The Balaban J connectivity index is 1.41. The van der Waals surface area contributed by atoms with Crippen molar-refractivity contribution in [2.45, 2.75) is 6.10 Å². The Kier molecular flexibility index (Phi) is 7.67. The Labute approximate surface area is 172 Å². The van der Waals surface area contributed by atoms with E-state index in [1.165, 1.54) is 4.90 Å². The molecule has 1 amide bonds. The number of ether oxygens (including phenoxy) is 2. The smallest absolute Gasteiger partial charge is 0.246 e. The second-order valence-electron chi connectivity index (χ2n) is 7.13. The highest BCUT2D eigenvalue weighted by Gasteiger charge is 2.24. The molecule has 0 spiro atoms. The van der Waals surface area contributed by atoms with Gasteiger partial charge in [-0.3, -0.25) is 4.79 Å². The molecular weight excluding hydrogens is 368 g/mol. The molecule has 154 valence electrons. The highest BCUT2D eigenvalue weighted by molar-refractivity contribution is 5.92. The lowest BCUT2D eigenvalue weighted by Gasteiger charge is -2.32. The molecule has 0 unspecified atom stereocenters. The molecule has 2 N–H and O–H groups in total. The Morgan fingerprint density at radius 2 is 1.83 bits per heavy atom. The fraction of sp³-hybridized carbons (Fsp3) is 0.348. The first-order chi connectivity index (χ1) is 14.2. The first kappa shape index (κ1) is 20.9. The van der Waals surface area contributed by atoms with E-state index in [9.17, 15) is 9.90 Å². The summed E-state index contributed by atoms with van der Waals surface area (Å²) in [5.74, 6) is 1.51. The van der Waals surface area contributed by atoms with Crippen LogP contribution in [-0.2, 0) is 4.79 Å². The van der Waals surface area contributed by atoms with Gasteiger partial charge in [-0.1, -0.05) is 36.4 Å². The van der Waals surface area contributed by atoms with Crippen molar-refractivity contribution >= 4 is 12.0 Å². The van der Waals surface area contributed by atoms with Gasteiger partial charge >= 0.3 is 0 Å². The lowest BCUT2D eigenvalue weighted by Crippen LogP contribution is -3.15. The largest absolute Gasteiger partial charge is 0.496 e. The second kappa shape index (κ2) is 10.6. The summed E-state index contributed by atoms with van der Waals surface area (Å²) in [6, 6.07) is 17.1. The number of para-hydroxylation sites is 2. The number of rotatable bonds is 8. The van der Waals surface area contributed by atoms with Crippen molar-refractivity contribution in [3.05, 3.63) is 66.2 Å². The number of aliphatic hydroxyl groups excluding tert-OH is 1. The lowest BCUT2D eigenvalue weighted by molar-refractivity contribution is -0.907. The molecular formula is C23H29N2O4+. The minimum Gasteiger partial charge on any atom is -0.496 e. The van der Waals surface area contributed by atoms with Crippen molar-refractivity contribution in [1.29, 1.82) is 0 Å². The van der Waals surface area contributed by atoms with Gasteiger partial charge in [0.25, 0.3) is 0 Å². The molecule has 1 aliphatic heterocycles. The Bertz CT molecular complexity index is 802. The number of carbonyl (C=O) groups is 1. The number of nitrogens with zero attached hydrogens (tertiary/aromatic N) is 1. The van der Waals surface area contributed by atoms with E-state index in [4.69, 9.17) is 9.47 Å². The fourth-order valence-corrected chi connectivity index (χ4v) is 3.42. The Morgan fingerprint density at radius 1 is 1.14 bits per heavy atom. The third-order valence-corrected chi connectivity index (χ3v) is 5.04. The number of aliphatic hydroxyl groups is 1. The van der Waals surface area contributed by atoms with Gasteiger partial charge < -0.3 is 24.4 Å². The van der Waals surface area contributed by atoms with E-state index >= 15 is 0 Å². The molecule has 6 nitrogen and oxygen atoms in total. The van der Waals surface area contributed by atoms with Crippen LogP contribution in [0.2, 0.25) is 0 Å². The normalized spacial score (nSPS) is 16.0. The van der Waals surface area contributed by atoms with Gasteiger partial charge in [0, 0.05) is 11.6 Å². The van der Waals surface area contributed by atoms with E-state index in [1.807, 2.05) is 59.5 Å². The number of nitrogens with one attached hydrogen (secondary N) is 1. The quantitative estimate of drug-likeness (QED) is 0.649. The number of carbonyl (C=O) groups excluding carboxylic acids is 1. The summed E-state index contributed by atoms with van der Waals surface area (Å²) >= 11 is 0. The minimum absolute atomic E-state index is 0.00270. The molecule has 1 aliphatic rings. The topological polar surface area (TPSA) is 63.4 Å². The summed E-state index contributed by atoms with van der Waals surface area (Å²) in [5, 5.41) is 10.2. The van der Waals surface area contributed by atoms with Crippen LogP contribution in [0.15, 0.2) is 60.7 Å². The van der Waals surface area contributed by atoms with Crippen LogP contribution in [0, 0.1) is 0 Å². The monoisotopic (exact) mass is 397 g/mol. The highest BCUT2D eigenvalue weighted by atomic mass is 16.5. The van der Waals surface area contributed by atoms with Crippen LogP contribution in [0.25, 0.3) is 6.08 Å². The zero-order chi connectivity index (χ0) is 20.5. The number of benzene rings is 2. The molecule has 0 radical (unpaired) electrons. The average Bonchev–Trinajstić information content (AvgIpc) is 2.77. The van der Waals surface area contributed by atoms with Gasteiger partial charge in [-0.05, 0) is 24.3 Å². The van der Waals surface area contributed by atoms with Crippen LogP contribution in [-0.4, -0.2) is 68.5 Å². The summed E-state index contributed by atoms with van der Waals surface area (Å²) in [7, 11) is 1.62. The molecule has 6 heteroatoms. The molecule has 3 rings (SSSR count). The van der Waals surface area contributed by atoms with Gasteiger partial charge in [0.05, 0.1) is 33.3 Å². The van der Waals surface area contributed by atoms with Crippen LogP contribution < -0.4 is 14.4 Å². The molecule has 1 fully saturated rings. The number of piperazine rings is 1. The third kappa shape index (κ3) is 6.34. The predicted octanol–water partition coefficient (Wildman–Crippen LogP) is 0.875. The molecule has 0 saturated carbocycles. The number of amides is 1. The number of hydrogen-bond donors (Lipinski definition) is 2. The summed E-state index contributed by atoms with van der Waals surface area (Å²) in [5.41, 5.74) is 0.883. The van der Waals surface area contributed by atoms with Gasteiger partial charge in [0.2, 0.25) is 5.91 Å². The summed E-state index contributed by atoms with van der Waals surface area (Å²) in [4.78, 5) is 15.6. The van der Waals surface area contributed by atoms with E-state index in [0.29, 0.717) is 19.6 Å². The number of hydrogen-bond acceptors (Lipinski definition) is 4. The van der Waals surface area contributed by atoms with Gasteiger partial charge in [-0.15, -0.1) is 0 Å². The molecule has 2 aromatic rings. The summed E-state index contributed by atoms with van der Waals surface area (Å²) < 4.78 is 10.9. The summed E-state index contributed by atoms with van der Waals surface area (Å²) in [6.07, 6.45) is 2.87. The molecule has 2 aromatic carbocycles. The molecule has 1 atom stereocenters. The first-order valence-corrected chi connectivity index (χ1v) is 9.95. The zero-order valence-corrected chi connectivity index (χ0v) is 16.8. The molecule has 29 heavy (non-hydrogen) atoms. The predicted molar refractivity (Wildman–Crippen MR) is 112 cm³/mol. The van der Waals surface area contributed by atoms with Gasteiger partial charge in [-0.2, -0.15) is 0 Å². The van der Waals surface area contributed by atoms with Crippen LogP contribution in [0.3, 0.4) is 0 Å². The SMILES string of the molecule is COc1ccccc1/C=C/C(=O)N1CC[NH+](C[C@H](O)COc2ccccc2)CC1. The molecule has 0 bridgehead atoms. The first-order valence-electron chi connectivity index (χ1n) is 9.95. The number of methoxy groups -OCH3 is 1. The lowest BCUT2D eigenvalue weighted by atomic mass is 10.2. The van der Waals surface area contributed by atoms with E-state index < -0.39 is 6.10 Å². The van der Waals surface area contributed by atoms with Gasteiger partial charge in [0.15, 0.2) is 0 Å². The standard InChI is InChI=1S/C23H28N2O4/c1-28-22-10-6-5-7-19(22)11-12-23(27)25-15-13-24(14-16-25)17-20(26)18-29-21-8-3-2-4-9-21/h2-12,20,26H,13-18H2,1H3/p+1/b12-11+/t20-/m0/s1. The molecule has 1 saturated heterocycles. The Hall–Kier alpha value is -2.83. The molecule has 1 heterocycles. The third-order valence-electron chi connectivity index (χ3n) is 5.04. The maximum atomic E-state index is 12.5. The van der Waals surface area contributed by atoms with Crippen LogP contribution in [0.4, 0.5) is 0 Å². The molecule has 0 aliphatic carbocycles. The zero-order valence-electron chi connectivity index (χ0n) is 16.8. The van der Waals surface area contributed by atoms with E-state index in [1.54, 1.807) is 19.3 Å². The number of quaternary nitrogens is 1. The second-order valence-corrected chi connectivity index (χ2v) is 7.13. The Morgan fingerprint density at radius 3 is 2.55 bits per heavy atom. The van der Waals surface area contributed by atoms with E-state index in [0.717, 1.165) is 30.2 Å². The van der Waals surface area contributed by atoms with E-state index in [-0.39, 0.29) is 12.5 Å². The van der Waals surface area contributed by atoms with Crippen molar-refractivity contribution in [2.75, 3.05) is 46.4 Å². The van der Waals surface area contributed by atoms with Crippen molar-refractivity contribution in [2.24, 2.45) is 0 Å². The maximum absolute atomic E-state index is 12.5. The van der Waals surface area contributed by atoms with Crippen LogP contribution >= 0.6 is 0 Å². The van der Waals surface area contributed by atoms with Crippen LogP contribution in [0.1, 0.15) is 5.56 Å². The van der Waals surface area contributed by atoms with Crippen molar-refractivity contribution in [1.82, 2.24) is 4.90 Å². The van der Waals surface area contributed by atoms with Gasteiger partial charge in [-0.25, -0.2) is 0 Å². The molecule has 0 aromatic heterocycles. The van der Waals surface area contributed by atoms with Crippen LogP contribution in [0.5, 0.6) is 11.5 Å². The van der Waals surface area contributed by atoms with Crippen molar-refractivity contribution in [3.8, 4) is 11.5 Å². The van der Waals surface area contributed by atoms with Crippen molar-refractivity contribution in [3.63, 3.8) is 0 Å². The fourth-order valence-electron chi connectivity index (χ4n) is 3.42. The minimum atomic E-state index is -0.530. The summed E-state index contributed by atoms with van der Waals surface area (Å²) in [6.45, 7) is 3.88. The van der Waals surface area contributed by atoms with Crippen molar-refractivity contribution < 1.29 is 24.3 Å². The maximum Gasteiger partial charge on any atom is 0.246 e. The highest BCUT2D eigenvalue weighted by Crippen LogP contribution is 2.18. The van der Waals surface area contributed by atoms with E-state index in [2.05, 4.69) is 0 Å². The average molecular weight is 397 g/mol.